The first-order valence-electron chi connectivity index (χ1n) is 12.1. The Balaban J connectivity index is 1.73. The fraction of sp³-hybridized carbons (Fsp3) is 0.346. The standard InChI is InChI=1S/C26H30N2O7S3/c1-4-20(16-25-27(11-13-38(32,33)34)21-8-5-6-9-23(21)35-25)17-26-28(10-7-12-37(29,30)31)22-14-18(2)19(3)15-24(22)36-26/h5-6,8-9,14-17H,4,7,10-13H2,1-3H3,(H-,29,30,31,32,33,34)/p-1. The summed E-state index contributed by atoms with van der Waals surface area (Å²) in [7, 11) is -8.75. The van der Waals surface area contributed by atoms with Gasteiger partial charge in [-0.2, -0.15) is 4.57 Å². The van der Waals surface area contributed by atoms with Crippen LogP contribution in [0.5, 0.6) is 0 Å². The average molecular weight is 578 g/mol. The molecule has 0 N–H and O–H groups in total. The van der Waals surface area contributed by atoms with Crippen LogP contribution in [0.2, 0.25) is 0 Å². The van der Waals surface area contributed by atoms with Crippen LogP contribution in [0.15, 0.2) is 62.4 Å². The van der Waals surface area contributed by atoms with Gasteiger partial charge in [-0.25, -0.2) is 16.8 Å². The van der Waals surface area contributed by atoms with Crippen LogP contribution >= 0.6 is 11.8 Å². The molecule has 0 bridgehead atoms. The number of aromatic nitrogens is 1. The third-order valence-corrected chi connectivity index (χ3v) is 8.92. The van der Waals surface area contributed by atoms with E-state index in [1.54, 1.807) is 28.5 Å². The Bertz CT molecular complexity index is 1640. The topological polar surface area (TPSA) is 135 Å². The summed E-state index contributed by atoms with van der Waals surface area (Å²) in [6.45, 7) is 6.34. The lowest BCUT2D eigenvalue weighted by atomic mass is 10.1. The van der Waals surface area contributed by atoms with E-state index in [4.69, 9.17) is 4.42 Å². The van der Waals surface area contributed by atoms with Crippen molar-refractivity contribution in [2.45, 2.75) is 45.1 Å². The molecule has 0 fully saturated rings. The number of fused-ring (bicyclic) bond motifs is 2. The number of oxazole rings is 1. The fourth-order valence-corrected chi connectivity index (χ4v) is 6.38. The molecule has 3 aromatic rings. The summed E-state index contributed by atoms with van der Waals surface area (Å²) in [5.41, 5.74) is 5.34. The van der Waals surface area contributed by atoms with Gasteiger partial charge in [0.2, 0.25) is 5.58 Å². The quantitative estimate of drug-likeness (QED) is 0.258. The van der Waals surface area contributed by atoms with Crippen molar-refractivity contribution in [3.8, 4) is 0 Å². The maximum absolute atomic E-state index is 11.3. The number of allylic oxidation sites excluding steroid dienone is 2. The van der Waals surface area contributed by atoms with Crippen molar-refractivity contribution >= 4 is 54.9 Å². The van der Waals surface area contributed by atoms with Crippen LogP contribution in [-0.4, -0.2) is 44.0 Å². The second-order valence-corrected chi connectivity index (χ2v) is 13.3. The lowest BCUT2D eigenvalue weighted by molar-refractivity contribution is -0.673. The Morgan fingerprint density at radius 2 is 1.74 bits per heavy atom. The van der Waals surface area contributed by atoms with Gasteiger partial charge in [-0.3, -0.25) is 0 Å². The molecule has 0 aliphatic carbocycles. The monoisotopic (exact) mass is 577 g/mol. The second-order valence-electron chi connectivity index (χ2n) is 9.15. The van der Waals surface area contributed by atoms with Gasteiger partial charge in [-0.1, -0.05) is 30.8 Å². The predicted molar refractivity (Wildman–Crippen MR) is 146 cm³/mol. The summed E-state index contributed by atoms with van der Waals surface area (Å²) in [4.78, 5) is 3.07. The SMILES string of the molecule is CCC(/C=C1\Sc2cc(C)c(C)cc2N1CCCS(=O)(=O)[O-])=C\c1oc2ccccc2[n+]1CCS(=O)(=O)[O-]. The van der Waals surface area contributed by atoms with Gasteiger partial charge < -0.3 is 18.4 Å². The number of thioether (sulfide) groups is 1. The molecule has 2 aromatic carbocycles. The summed E-state index contributed by atoms with van der Waals surface area (Å²) >= 11 is 1.56. The summed E-state index contributed by atoms with van der Waals surface area (Å²) in [5.74, 6) is -0.593. The minimum Gasteiger partial charge on any atom is -0.748 e. The first-order valence-corrected chi connectivity index (χ1v) is 16.1. The largest absolute Gasteiger partial charge is 0.748 e. The maximum atomic E-state index is 11.3. The van der Waals surface area contributed by atoms with E-state index in [0.717, 1.165) is 32.3 Å². The molecular weight excluding hydrogens is 548 g/mol. The molecule has 0 spiro atoms. The maximum Gasteiger partial charge on any atom is 0.374 e. The van der Waals surface area contributed by atoms with Crippen LogP contribution in [0.3, 0.4) is 0 Å². The molecule has 2 heterocycles. The number of hydrogen-bond acceptors (Lipinski definition) is 9. The van der Waals surface area contributed by atoms with Crippen LogP contribution in [0.25, 0.3) is 17.2 Å². The van der Waals surface area contributed by atoms with E-state index in [1.807, 2.05) is 50.0 Å². The zero-order valence-corrected chi connectivity index (χ0v) is 23.8. The molecule has 0 saturated heterocycles. The van der Waals surface area contributed by atoms with Crippen molar-refractivity contribution in [3.63, 3.8) is 0 Å². The number of para-hydroxylation sites is 2. The molecule has 0 saturated carbocycles. The van der Waals surface area contributed by atoms with E-state index in [-0.39, 0.29) is 13.0 Å². The lowest BCUT2D eigenvalue weighted by Crippen LogP contribution is -2.38. The Morgan fingerprint density at radius 3 is 2.42 bits per heavy atom. The smallest absolute Gasteiger partial charge is 0.374 e. The van der Waals surface area contributed by atoms with Crippen LogP contribution in [-0.2, 0) is 26.8 Å². The van der Waals surface area contributed by atoms with Gasteiger partial charge in [0, 0.05) is 23.3 Å². The number of benzene rings is 2. The van der Waals surface area contributed by atoms with E-state index in [9.17, 15) is 25.9 Å². The van der Waals surface area contributed by atoms with E-state index >= 15 is 0 Å². The van der Waals surface area contributed by atoms with Gasteiger partial charge in [-0.15, -0.1) is 0 Å². The third-order valence-electron chi connectivity index (χ3n) is 6.35. The molecule has 1 aliphatic heterocycles. The Hall–Kier alpha value is -2.64. The number of rotatable bonds is 10. The molecule has 38 heavy (non-hydrogen) atoms. The fourth-order valence-electron chi connectivity index (χ4n) is 4.25. The van der Waals surface area contributed by atoms with Gasteiger partial charge in [0.05, 0.1) is 32.7 Å². The minimum absolute atomic E-state index is 0.0449. The molecule has 0 amide bonds. The molecule has 204 valence electrons. The van der Waals surface area contributed by atoms with Crippen molar-refractivity contribution in [1.82, 2.24) is 0 Å². The lowest BCUT2D eigenvalue weighted by Gasteiger charge is -2.22. The molecule has 12 heteroatoms. The number of anilines is 1. The first-order chi connectivity index (χ1) is 17.8. The van der Waals surface area contributed by atoms with Gasteiger partial charge in [0.15, 0.2) is 6.54 Å². The van der Waals surface area contributed by atoms with Crippen LogP contribution in [0, 0.1) is 13.8 Å². The van der Waals surface area contributed by atoms with Crippen molar-refractivity contribution < 1.29 is 34.9 Å². The molecule has 1 aliphatic rings. The highest BCUT2D eigenvalue weighted by molar-refractivity contribution is 8.03. The van der Waals surface area contributed by atoms with E-state index in [1.165, 1.54) is 0 Å². The predicted octanol–water partition coefficient (Wildman–Crippen LogP) is 4.06. The highest BCUT2D eigenvalue weighted by Crippen LogP contribution is 2.47. The van der Waals surface area contributed by atoms with Gasteiger partial charge in [0.1, 0.15) is 10.1 Å². The molecule has 0 radical (unpaired) electrons. The minimum atomic E-state index is -4.42. The normalized spacial score (nSPS) is 15.6. The second kappa shape index (κ2) is 11.2. The molecule has 0 atom stereocenters. The van der Waals surface area contributed by atoms with E-state index < -0.39 is 31.7 Å². The van der Waals surface area contributed by atoms with Crippen LogP contribution < -0.4 is 9.47 Å². The number of hydrogen-bond donors (Lipinski definition) is 0. The average Bonchev–Trinajstić information content (AvgIpc) is 3.33. The number of aryl methyl sites for hydroxylation is 3. The van der Waals surface area contributed by atoms with Crippen LogP contribution in [0.4, 0.5) is 5.69 Å². The summed E-state index contributed by atoms with van der Waals surface area (Å²) in [6, 6.07) is 11.4. The summed E-state index contributed by atoms with van der Waals surface area (Å²) < 4.78 is 75.3. The van der Waals surface area contributed by atoms with Crippen molar-refractivity contribution in [2.75, 3.05) is 23.0 Å². The molecule has 4 rings (SSSR count). The first kappa shape index (κ1) is 28.4. The van der Waals surface area contributed by atoms with Crippen LogP contribution in [0.1, 0.15) is 36.8 Å². The zero-order chi connectivity index (χ0) is 27.7. The van der Waals surface area contributed by atoms with Gasteiger partial charge >= 0.3 is 5.89 Å². The summed E-state index contributed by atoms with van der Waals surface area (Å²) in [5, 5.41) is 0.881. The van der Waals surface area contributed by atoms with Crippen molar-refractivity contribution in [3.05, 3.63) is 70.1 Å². The zero-order valence-electron chi connectivity index (χ0n) is 21.3. The molecule has 1 aromatic heterocycles. The number of nitrogens with zero attached hydrogens (tertiary/aromatic N) is 2. The molecular formula is C26H29N2O7S3-. The Labute approximate surface area is 227 Å². The van der Waals surface area contributed by atoms with E-state index in [0.29, 0.717) is 30.0 Å². The highest BCUT2D eigenvalue weighted by atomic mass is 32.2. The molecule has 9 nitrogen and oxygen atoms in total. The molecule has 0 unspecified atom stereocenters. The van der Waals surface area contributed by atoms with Crippen molar-refractivity contribution in [2.24, 2.45) is 0 Å². The Kier molecular flexibility index (Phi) is 8.38. The highest BCUT2D eigenvalue weighted by Gasteiger charge is 2.27. The van der Waals surface area contributed by atoms with Crippen molar-refractivity contribution in [1.29, 1.82) is 0 Å². The van der Waals surface area contributed by atoms with Gasteiger partial charge in [-0.05, 0) is 67.7 Å². The third kappa shape index (κ3) is 6.86. The summed E-state index contributed by atoms with van der Waals surface area (Å²) in [6.07, 6.45) is 4.63. The van der Waals surface area contributed by atoms with E-state index in [2.05, 4.69) is 12.1 Å². The van der Waals surface area contributed by atoms with Gasteiger partial charge in [0.25, 0.3) is 5.52 Å². The Morgan fingerprint density at radius 1 is 1.05 bits per heavy atom.